The van der Waals surface area contributed by atoms with Crippen LogP contribution in [0.25, 0.3) is 0 Å². The molecule has 7 heteroatoms. The van der Waals surface area contributed by atoms with E-state index in [0.717, 1.165) is 0 Å². The Kier molecular flexibility index (Phi) is 6.19. The average Bonchev–Trinajstić information content (AvgIpc) is 2.75. The summed E-state index contributed by atoms with van der Waals surface area (Å²) >= 11 is 0. The zero-order valence-corrected chi connectivity index (χ0v) is 17.0. The van der Waals surface area contributed by atoms with Gasteiger partial charge in [0.2, 0.25) is 0 Å². The Morgan fingerprint density at radius 1 is 0.897 bits per heavy atom. The van der Waals surface area contributed by atoms with E-state index >= 15 is 0 Å². The molecular formula is C22H22N2O4S. The minimum atomic E-state index is -3.70. The lowest BCUT2D eigenvalue weighted by Gasteiger charge is -2.19. The molecule has 0 aromatic heterocycles. The molecule has 6 nitrogen and oxygen atoms in total. The Balaban J connectivity index is 1.67. The van der Waals surface area contributed by atoms with Crippen molar-refractivity contribution < 1.29 is 17.9 Å². The molecule has 0 radical (unpaired) electrons. The SMILES string of the molecule is CC(Oc1ccccc1)C(=O)Nc1ccc(S(=O)(=O)N(C)c2ccccc2)cc1. The monoisotopic (exact) mass is 410 g/mol. The number of anilines is 2. The highest BCUT2D eigenvalue weighted by Gasteiger charge is 2.21. The molecule has 1 atom stereocenters. The van der Waals surface area contributed by atoms with E-state index in [1.807, 2.05) is 24.3 Å². The van der Waals surface area contributed by atoms with Gasteiger partial charge in [-0.05, 0) is 55.5 Å². The Bertz CT molecular complexity index is 1050. The summed E-state index contributed by atoms with van der Waals surface area (Å²) in [6.07, 6.45) is -0.704. The summed E-state index contributed by atoms with van der Waals surface area (Å²) in [7, 11) is -2.20. The van der Waals surface area contributed by atoms with Gasteiger partial charge < -0.3 is 10.1 Å². The number of para-hydroxylation sites is 2. The Hall–Kier alpha value is -3.32. The smallest absolute Gasteiger partial charge is 0.265 e. The van der Waals surface area contributed by atoms with Gasteiger partial charge in [-0.25, -0.2) is 8.42 Å². The van der Waals surface area contributed by atoms with Crippen molar-refractivity contribution in [1.29, 1.82) is 0 Å². The molecular weight excluding hydrogens is 388 g/mol. The lowest BCUT2D eigenvalue weighted by molar-refractivity contribution is -0.122. The number of nitrogens with one attached hydrogen (secondary N) is 1. The number of nitrogens with zero attached hydrogens (tertiary/aromatic N) is 1. The summed E-state index contributed by atoms with van der Waals surface area (Å²) in [4.78, 5) is 12.5. The molecule has 0 bridgehead atoms. The van der Waals surface area contributed by atoms with Gasteiger partial charge in [-0.1, -0.05) is 36.4 Å². The van der Waals surface area contributed by atoms with Gasteiger partial charge in [0.15, 0.2) is 6.10 Å². The minimum Gasteiger partial charge on any atom is -0.481 e. The summed E-state index contributed by atoms with van der Waals surface area (Å²) in [5.74, 6) is 0.270. The van der Waals surface area contributed by atoms with Gasteiger partial charge in [0.25, 0.3) is 15.9 Å². The highest BCUT2D eigenvalue weighted by molar-refractivity contribution is 7.92. The van der Waals surface area contributed by atoms with Crippen LogP contribution in [0.1, 0.15) is 6.92 Å². The van der Waals surface area contributed by atoms with E-state index in [4.69, 9.17) is 4.74 Å². The molecule has 1 unspecified atom stereocenters. The molecule has 3 aromatic rings. The third-order valence-electron chi connectivity index (χ3n) is 4.33. The van der Waals surface area contributed by atoms with Crippen molar-refractivity contribution in [3.8, 4) is 5.75 Å². The maximum atomic E-state index is 12.8. The number of ether oxygens (including phenoxy) is 1. The normalized spacial score (nSPS) is 12.1. The fraction of sp³-hybridized carbons (Fsp3) is 0.136. The molecule has 29 heavy (non-hydrogen) atoms. The van der Waals surface area contributed by atoms with E-state index in [0.29, 0.717) is 17.1 Å². The third-order valence-corrected chi connectivity index (χ3v) is 6.13. The van der Waals surface area contributed by atoms with Gasteiger partial charge in [0, 0.05) is 12.7 Å². The fourth-order valence-corrected chi connectivity index (χ4v) is 3.84. The molecule has 0 saturated heterocycles. The number of amides is 1. The molecule has 0 spiro atoms. The molecule has 0 aliphatic heterocycles. The van der Waals surface area contributed by atoms with E-state index in [9.17, 15) is 13.2 Å². The summed E-state index contributed by atoms with van der Waals surface area (Å²) < 4.78 is 32.4. The topological polar surface area (TPSA) is 75.7 Å². The maximum Gasteiger partial charge on any atom is 0.265 e. The van der Waals surface area contributed by atoms with Crippen LogP contribution in [0.2, 0.25) is 0 Å². The minimum absolute atomic E-state index is 0.135. The molecule has 0 heterocycles. The molecule has 150 valence electrons. The van der Waals surface area contributed by atoms with E-state index < -0.39 is 16.1 Å². The second-order valence-corrected chi connectivity index (χ2v) is 8.36. The molecule has 0 aliphatic carbocycles. The van der Waals surface area contributed by atoms with Crippen LogP contribution in [-0.2, 0) is 14.8 Å². The molecule has 1 N–H and O–H groups in total. The van der Waals surface area contributed by atoms with Crippen LogP contribution in [0, 0.1) is 0 Å². The van der Waals surface area contributed by atoms with Crippen molar-refractivity contribution in [2.24, 2.45) is 0 Å². The highest BCUT2D eigenvalue weighted by atomic mass is 32.2. The van der Waals surface area contributed by atoms with Crippen molar-refractivity contribution in [3.05, 3.63) is 84.9 Å². The second-order valence-electron chi connectivity index (χ2n) is 6.39. The number of hydrogen-bond donors (Lipinski definition) is 1. The van der Waals surface area contributed by atoms with E-state index in [1.54, 1.807) is 55.5 Å². The summed E-state index contributed by atoms with van der Waals surface area (Å²) in [6, 6.07) is 23.9. The lowest BCUT2D eigenvalue weighted by Crippen LogP contribution is -2.30. The van der Waals surface area contributed by atoms with Crippen LogP contribution in [0.5, 0.6) is 5.75 Å². The van der Waals surface area contributed by atoms with Crippen LogP contribution >= 0.6 is 0 Å². The quantitative estimate of drug-likeness (QED) is 0.641. The number of benzene rings is 3. The van der Waals surface area contributed by atoms with Crippen LogP contribution in [0.4, 0.5) is 11.4 Å². The predicted molar refractivity (Wildman–Crippen MR) is 114 cm³/mol. The van der Waals surface area contributed by atoms with Crippen LogP contribution in [0.15, 0.2) is 89.8 Å². The molecule has 3 rings (SSSR count). The van der Waals surface area contributed by atoms with E-state index in [-0.39, 0.29) is 10.8 Å². The van der Waals surface area contributed by atoms with Gasteiger partial charge in [0.05, 0.1) is 10.6 Å². The molecule has 0 fully saturated rings. The molecule has 3 aromatic carbocycles. The standard InChI is InChI=1S/C22H22N2O4S/c1-17(28-20-11-7-4-8-12-20)22(25)23-18-13-15-21(16-14-18)29(26,27)24(2)19-9-5-3-6-10-19/h3-17H,1-2H3,(H,23,25). The second kappa shape index (κ2) is 8.79. The average molecular weight is 410 g/mol. The maximum absolute atomic E-state index is 12.8. The Morgan fingerprint density at radius 3 is 2.03 bits per heavy atom. The van der Waals surface area contributed by atoms with Crippen molar-refractivity contribution in [1.82, 2.24) is 0 Å². The summed E-state index contributed by atoms with van der Waals surface area (Å²) in [5.41, 5.74) is 1.05. The van der Waals surface area contributed by atoms with Gasteiger partial charge in [-0.3, -0.25) is 9.10 Å². The number of sulfonamides is 1. The lowest BCUT2D eigenvalue weighted by atomic mass is 10.3. The van der Waals surface area contributed by atoms with Gasteiger partial charge >= 0.3 is 0 Å². The zero-order chi connectivity index (χ0) is 20.9. The highest BCUT2D eigenvalue weighted by Crippen LogP contribution is 2.23. The Morgan fingerprint density at radius 2 is 1.45 bits per heavy atom. The van der Waals surface area contributed by atoms with Gasteiger partial charge in [0.1, 0.15) is 5.75 Å². The number of carbonyl (C=O) groups excluding carboxylic acids is 1. The molecule has 0 saturated carbocycles. The van der Waals surface area contributed by atoms with Crippen molar-refractivity contribution >= 4 is 27.3 Å². The third kappa shape index (κ3) is 4.94. The first-order chi connectivity index (χ1) is 13.9. The molecule has 1 amide bonds. The van der Waals surface area contributed by atoms with Crippen LogP contribution < -0.4 is 14.4 Å². The number of rotatable bonds is 7. The fourth-order valence-electron chi connectivity index (χ4n) is 2.65. The largest absolute Gasteiger partial charge is 0.481 e. The first kappa shape index (κ1) is 20.4. The summed E-state index contributed by atoms with van der Waals surface area (Å²) in [6.45, 7) is 1.65. The number of carbonyl (C=O) groups is 1. The van der Waals surface area contributed by atoms with Crippen molar-refractivity contribution in [3.63, 3.8) is 0 Å². The first-order valence-corrected chi connectivity index (χ1v) is 10.5. The van der Waals surface area contributed by atoms with Gasteiger partial charge in [-0.2, -0.15) is 0 Å². The van der Waals surface area contributed by atoms with Crippen LogP contribution in [0.3, 0.4) is 0 Å². The Labute approximate surface area is 170 Å². The number of hydrogen-bond acceptors (Lipinski definition) is 4. The molecule has 0 aliphatic rings. The summed E-state index contributed by atoms with van der Waals surface area (Å²) in [5, 5.41) is 2.73. The van der Waals surface area contributed by atoms with Crippen molar-refractivity contribution in [2.75, 3.05) is 16.7 Å². The van der Waals surface area contributed by atoms with E-state index in [2.05, 4.69) is 5.32 Å². The van der Waals surface area contributed by atoms with Gasteiger partial charge in [-0.15, -0.1) is 0 Å². The first-order valence-electron chi connectivity index (χ1n) is 9.04. The van der Waals surface area contributed by atoms with Crippen molar-refractivity contribution in [2.45, 2.75) is 17.9 Å². The predicted octanol–water partition coefficient (Wildman–Crippen LogP) is 3.92. The van der Waals surface area contributed by atoms with Crippen LogP contribution in [-0.4, -0.2) is 27.5 Å². The van der Waals surface area contributed by atoms with E-state index in [1.165, 1.54) is 23.5 Å². The zero-order valence-electron chi connectivity index (χ0n) is 16.1.